The largest absolute Gasteiger partial charge is 0.365 e. The summed E-state index contributed by atoms with van der Waals surface area (Å²) < 4.78 is 0. The highest BCUT2D eigenvalue weighted by atomic mass is 32.1. The second-order valence-electron chi connectivity index (χ2n) is 5.19. The van der Waals surface area contributed by atoms with E-state index in [1.807, 2.05) is 29.5 Å². The van der Waals surface area contributed by atoms with Crippen molar-refractivity contribution >= 4 is 27.9 Å². The van der Waals surface area contributed by atoms with E-state index < -0.39 is 0 Å². The van der Waals surface area contributed by atoms with E-state index in [0.29, 0.717) is 5.56 Å². The fourth-order valence-electron chi connectivity index (χ4n) is 2.99. The van der Waals surface area contributed by atoms with Crippen molar-refractivity contribution in [1.29, 1.82) is 5.26 Å². The Hall–Kier alpha value is -2.38. The highest BCUT2D eigenvalue weighted by molar-refractivity contribution is 7.10. The second kappa shape index (κ2) is 4.87. The minimum atomic E-state index is 0.660. The van der Waals surface area contributed by atoms with E-state index in [4.69, 9.17) is 0 Å². The highest BCUT2D eigenvalue weighted by Crippen LogP contribution is 2.34. The molecule has 0 radical (unpaired) electrons. The maximum absolute atomic E-state index is 9.45. The van der Waals surface area contributed by atoms with Crippen LogP contribution in [0.4, 0.5) is 5.69 Å². The van der Waals surface area contributed by atoms with Crippen LogP contribution in [0, 0.1) is 11.3 Å². The number of pyridine rings is 1. The molecule has 0 unspecified atom stereocenters. The van der Waals surface area contributed by atoms with Gasteiger partial charge in [-0.1, -0.05) is 18.2 Å². The summed E-state index contributed by atoms with van der Waals surface area (Å²) >= 11 is 1.83. The van der Waals surface area contributed by atoms with Gasteiger partial charge in [0.15, 0.2) is 0 Å². The van der Waals surface area contributed by atoms with Crippen molar-refractivity contribution in [2.75, 3.05) is 11.4 Å². The number of nitriles is 1. The number of rotatable bonds is 1. The first-order chi connectivity index (χ1) is 10.4. The van der Waals surface area contributed by atoms with Crippen LogP contribution in [0.1, 0.15) is 16.0 Å². The van der Waals surface area contributed by atoms with Crippen LogP contribution in [0.5, 0.6) is 0 Å². The van der Waals surface area contributed by atoms with Crippen LogP contribution >= 0.6 is 11.3 Å². The number of fused-ring (bicyclic) bond motifs is 2. The van der Waals surface area contributed by atoms with E-state index in [2.05, 4.69) is 33.5 Å². The Morgan fingerprint density at radius 2 is 2.14 bits per heavy atom. The third kappa shape index (κ3) is 1.98. The number of anilines is 1. The number of benzene rings is 1. The standard InChI is InChI=1S/C17H13N3S/c18-9-13-10-19-15-4-2-1-3-14(15)17(13)20-7-5-16-12(11-20)6-8-21-16/h1-4,6,8,10H,5,7,11H2. The Morgan fingerprint density at radius 3 is 3.05 bits per heavy atom. The summed E-state index contributed by atoms with van der Waals surface area (Å²) in [6.07, 6.45) is 2.75. The van der Waals surface area contributed by atoms with Crippen molar-refractivity contribution in [3.63, 3.8) is 0 Å². The number of thiophene rings is 1. The van der Waals surface area contributed by atoms with E-state index in [0.717, 1.165) is 36.1 Å². The lowest BCUT2D eigenvalue weighted by molar-refractivity contribution is 0.745. The summed E-state index contributed by atoms with van der Waals surface area (Å²) in [5, 5.41) is 12.7. The van der Waals surface area contributed by atoms with Gasteiger partial charge in [0.05, 0.1) is 16.8 Å². The first-order valence-corrected chi connectivity index (χ1v) is 7.83. The van der Waals surface area contributed by atoms with Gasteiger partial charge in [-0.25, -0.2) is 0 Å². The molecule has 0 atom stereocenters. The van der Waals surface area contributed by atoms with Gasteiger partial charge >= 0.3 is 0 Å². The maximum Gasteiger partial charge on any atom is 0.103 e. The Bertz CT molecular complexity index is 860. The van der Waals surface area contributed by atoms with E-state index in [1.165, 1.54) is 10.4 Å². The van der Waals surface area contributed by atoms with Gasteiger partial charge in [-0.2, -0.15) is 5.26 Å². The van der Waals surface area contributed by atoms with Crippen LogP contribution in [-0.4, -0.2) is 11.5 Å². The number of aromatic nitrogens is 1. The smallest absolute Gasteiger partial charge is 0.103 e. The third-order valence-corrected chi connectivity index (χ3v) is 5.01. The van der Waals surface area contributed by atoms with Crippen molar-refractivity contribution in [2.24, 2.45) is 0 Å². The van der Waals surface area contributed by atoms with Crippen LogP contribution in [0.15, 0.2) is 41.9 Å². The lowest BCUT2D eigenvalue weighted by Crippen LogP contribution is -2.30. The molecule has 21 heavy (non-hydrogen) atoms. The Morgan fingerprint density at radius 1 is 1.24 bits per heavy atom. The zero-order valence-corrected chi connectivity index (χ0v) is 12.2. The molecule has 1 aliphatic heterocycles. The van der Waals surface area contributed by atoms with E-state index in [1.54, 1.807) is 6.20 Å². The van der Waals surface area contributed by atoms with Crippen molar-refractivity contribution in [1.82, 2.24) is 4.98 Å². The topological polar surface area (TPSA) is 39.9 Å². The molecule has 1 aromatic carbocycles. The third-order valence-electron chi connectivity index (χ3n) is 3.99. The molecule has 102 valence electrons. The van der Waals surface area contributed by atoms with Crippen molar-refractivity contribution in [3.05, 3.63) is 57.9 Å². The second-order valence-corrected chi connectivity index (χ2v) is 6.19. The quantitative estimate of drug-likeness (QED) is 0.686. The Labute approximate surface area is 127 Å². The molecule has 0 saturated carbocycles. The Kier molecular flexibility index (Phi) is 2.87. The van der Waals surface area contributed by atoms with Crippen LogP contribution in [0.25, 0.3) is 10.9 Å². The molecular formula is C17H13N3S. The van der Waals surface area contributed by atoms with Crippen LogP contribution < -0.4 is 4.90 Å². The van der Waals surface area contributed by atoms with Crippen LogP contribution in [0.2, 0.25) is 0 Å². The molecule has 1 aliphatic rings. The van der Waals surface area contributed by atoms with Gasteiger partial charge in [0, 0.05) is 29.5 Å². The minimum Gasteiger partial charge on any atom is -0.365 e. The molecule has 3 nitrogen and oxygen atoms in total. The first-order valence-electron chi connectivity index (χ1n) is 6.95. The summed E-state index contributed by atoms with van der Waals surface area (Å²) in [5.41, 5.74) is 4.02. The molecule has 3 heterocycles. The van der Waals surface area contributed by atoms with Crippen LogP contribution in [-0.2, 0) is 13.0 Å². The van der Waals surface area contributed by atoms with Gasteiger partial charge in [-0.15, -0.1) is 11.3 Å². The van der Waals surface area contributed by atoms with Crippen molar-refractivity contribution in [2.45, 2.75) is 13.0 Å². The van der Waals surface area contributed by atoms with Gasteiger partial charge < -0.3 is 4.90 Å². The lowest BCUT2D eigenvalue weighted by Gasteiger charge is -2.30. The predicted molar refractivity (Wildman–Crippen MR) is 85.5 cm³/mol. The molecular weight excluding hydrogens is 278 g/mol. The van der Waals surface area contributed by atoms with E-state index in [-0.39, 0.29) is 0 Å². The normalized spacial score (nSPS) is 14.0. The minimum absolute atomic E-state index is 0.660. The molecule has 0 N–H and O–H groups in total. The van der Waals surface area contributed by atoms with E-state index in [9.17, 15) is 5.26 Å². The molecule has 2 aromatic heterocycles. The van der Waals surface area contributed by atoms with Crippen molar-refractivity contribution < 1.29 is 0 Å². The van der Waals surface area contributed by atoms with Gasteiger partial charge in [0.25, 0.3) is 0 Å². The highest BCUT2D eigenvalue weighted by Gasteiger charge is 2.21. The summed E-state index contributed by atoms with van der Waals surface area (Å²) in [4.78, 5) is 8.19. The summed E-state index contributed by atoms with van der Waals surface area (Å²) in [7, 11) is 0. The monoisotopic (exact) mass is 291 g/mol. The number of hydrogen-bond donors (Lipinski definition) is 0. The predicted octanol–water partition coefficient (Wildman–Crippen LogP) is 3.73. The SMILES string of the molecule is N#Cc1cnc2ccccc2c1N1CCc2sccc2C1. The summed E-state index contributed by atoms with van der Waals surface area (Å²) in [6.45, 7) is 1.83. The van der Waals surface area contributed by atoms with E-state index >= 15 is 0 Å². The average Bonchev–Trinajstić information content (AvgIpc) is 3.01. The number of para-hydroxylation sites is 1. The fourth-order valence-corrected chi connectivity index (χ4v) is 3.88. The molecule has 0 fully saturated rings. The molecule has 0 saturated heterocycles. The molecule has 0 aliphatic carbocycles. The molecule has 0 amide bonds. The Balaban J connectivity index is 1.88. The van der Waals surface area contributed by atoms with Gasteiger partial charge in [0.2, 0.25) is 0 Å². The first kappa shape index (κ1) is 12.4. The molecule has 0 bridgehead atoms. The zero-order valence-electron chi connectivity index (χ0n) is 11.4. The average molecular weight is 291 g/mol. The number of nitrogens with zero attached hydrogens (tertiary/aromatic N) is 3. The lowest BCUT2D eigenvalue weighted by atomic mass is 10.0. The molecule has 4 heteroatoms. The summed E-state index contributed by atoms with van der Waals surface area (Å²) in [5.74, 6) is 0. The molecule has 4 rings (SSSR count). The fraction of sp³-hybridized carbons (Fsp3) is 0.176. The zero-order chi connectivity index (χ0) is 14.2. The van der Waals surface area contributed by atoms with Gasteiger partial charge in [-0.05, 0) is 29.5 Å². The number of hydrogen-bond acceptors (Lipinski definition) is 4. The van der Waals surface area contributed by atoms with Crippen molar-refractivity contribution in [3.8, 4) is 6.07 Å². The maximum atomic E-state index is 9.45. The van der Waals surface area contributed by atoms with Gasteiger partial charge in [-0.3, -0.25) is 4.98 Å². The molecule has 3 aromatic rings. The van der Waals surface area contributed by atoms with Gasteiger partial charge in [0.1, 0.15) is 6.07 Å². The molecule has 0 spiro atoms. The summed E-state index contributed by atoms with van der Waals surface area (Å²) in [6, 6.07) is 12.5. The van der Waals surface area contributed by atoms with Crippen LogP contribution in [0.3, 0.4) is 0 Å².